The van der Waals surface area contributed by atoms with Gasteiger partial charge in [0.15, 0.2) is 5.65 Å². The average Bonchev–Trinajstić information content (AvgIpc) is 2.96. The molecule has 0 amide bonds. The summed E-state index contributed by atoms with van der Waals surface area (Å²) in [6, 6.07) is 5.00. The fourth-order valence-electron chi connectivity index (χ4n) is 2.66. The molecule has 0 aliphatic carbocycles. The van der Waals surface area contributed by atoms with Gasteiger partial charge in [-0.1, -0.05) is 25.7 Å². The number of pyridine rings is 1. The van der Waals surface area contributed by atoms with Gasteiger partial charge in [-0.25, -0.2) is 0 Å². The van der Waals surface area contributed by atoms with Crippen LogP contribution >= 0.6 is 11.6 Å². The van der Waals surface area contributed by atoms with Crippen LogP contribution in [-0.4, -0.2) is 41.3 Å². The lowest BCUT2D eigenvalue weighted by molar-refractivity contribution is 0.0899. The Hall–Kier alpha value is -1.96. The molecule has 0 unspecified atom stereocenters. The Bertz CT molecular complexity index is 894. The second-order valence-electron chi connectivity index (χ2n) is 7.30. The Balaban J connectivity index is 1.99. The highest BCUT2D eigenvalue weighted by molar-refractivity contribution is 6.76. The minimum absolute atomic E-state index is 0.147. The Labute approximate surface area is 159 Å². The van der Waals surface area contributed by atoms with Crippen molar-refractivity contribution in [1.82, 2.24) is 19.5 Å². The number of hydrogen-bond donors (Lipinski definition) is 0. The van der Waals surface area contributed by atoms with Gasteiger partial charge in [-0.3, -0.25) is 4.98 Å². The lowest BCUT2D eigenvalue weighted by Crippen LogP contribution is -2.22. The number of methoxy groups -OCH3 is 1. The summed E-state index contributed by atoms with van der Waals surface area (Å²) in [6.45, 7) is 8.13. The molecule has 0 fully saturated rings. The normalized spacial score (nSPS) is 11.9. The molecule has 3 heterocycles. The lowest BCUT2D eigenvalue weighted by Gasteiger charge is -2.15. The first-order chi connectivity index (χ1) is 12.4. The maximum Gasteiger partial charge on any atom is 0.227 e. The summed E-state index contributed by atoms with van der Waals surface area (Å²) in [5, 5.41) is 0.951. The number of fused-ring (bicyclic) bond motifs is 1. The summed E-state index contributed by atoms with van der Waals surface area (Å²) < 4.78 is 13.3. The van der Waals surface area contributed by atoms with Crippen LogP contribution < -0.4 is 4.74 Å². The number of rotatable bonds is 7. The minimum Gasteiger partial charge on any atom is -0.480 e. The van der Waals surface area contributed by atoms with Crippen LogP contribution in [0.4, 0.5) is 0 Å². The van der Waals surface area contributed by atoms with Crippen molar-refractivity contribution in [3.8, 4) is 17.0 Å². The van der Waals surface area contributed by atoms with Crippen LogP contribution in [0.25, 0.3) is 22.2 Å². The van der Waals surface area contributed by atoms with Crippen LogP contribution in [-0.2, 0) is 11.5 Å². The Morgan fingerprint density at radius 1 is 1.23 bits per heavy atom. The maximum absolute atomic E-state index is 6.09. The van der Waals surface area contributed by atoms with Crippen LogP contribution in [0, 0.1) is 0 Å². The Morgan fingerprint density at radius 2 is 2.04 bits per heavy atom. The van der Waals surface area contributed by atoms with Crippen molar-refractivity contribution in [3.63, 3.8) is 0 Å². The highest BCUT2D eigenvalue weighted by Gasteiger charge is 2.19. The maximum atomic E-state index is 6.09. The number of aromatic nitrogens is 4. The second kappa shape index (κ2) is 7.73. The zero-order valence-corrected chi connectivity index (χ0v) is 17.2. The van der Waals surface area contributed by atoms with E-state index in [1.165, 1.54) is 0 Å². The van der Waals surface area contributed by atoms with Gasteiger partial charge in [0.2, 0.25) is 11.2 Å². The van der Waals surface area contributed by atoms with Crippen molar-refractivity contribution >= 4 is 30.7 Å². The largest absolute Gasteiger partial charge is 0.480 e. The van der Waals surface area contributed by atoms with Crippen LogP contribution in [0.1, 0.15) is 0 Å². The van der Waals surface area contributed by atoms with Crippen LogP contribution in [0.3, 0.4) is 0 Å². The molecule has 0 saturated heterocycles. The standard InChI is InChI=1S/C18H23ClN4O2Si/c1-24-17-15-14(13-6-5-7-20-10-13)11-23(16(15)21-18(19)22-17)12-25-8-9-26(2,3)4/h5-7,10-11H,8-9,12H2,1-4H3. The molecule has 0 radical (unpaired) electrons. The zero-order chi connectivity index (χ0) is 18.7. The molecule has 6 nitrogen and oxygen atoms in total. The van der Waals surface area contributed by atoms with Gasteiger partial charge in [0.25, 0.3) is 0 Å². The molecular formula is C18H23ClN4O2Si. The molecule has 0 atom stereocenters. The molecule has 0 N–H and O–H groups in total. The molecule has 0 saturated carbocycles. The third kappa shape index (κ3) is 4.23. The first kappa shape index (κ1) is 18.8. The molecule has 0 bridgehead atoms. The molecule has 0 aromatic carbocycles. The SMILES string of the molecule is COc1nc(Cl)nc2c1c(-c1cccnc1)cn2COCC[Si](C)(C)C. The lowest BCUT2D eigenvalue weighted by atomic mass is 10.1. The van der Waals surface area contributed by atoms with Crippen LogP contribution in [0.15, 0.2) is 30.7 Å². The summed E-state index contributed by atoms with van der Waals surface area (Å²) in [5.41, 5.74) is 2.59. The molecule has 8 heteroatoms. The van der Waals surface area contributed by atoms with Crippen molar-refractivity contribution in [2.45, 2.75) is 32.4 Å². The highest BCUT2D eigenvalue weighted by Crippen LogP contribution is 2.35. The zero-order valence-electron chi connectivity index (χ0n) is 15.5. The Morgan fingerprint density at radius 3 is 2.69 bits per heavy atom. The minimum atomic E-state index is -1.13. The van der Waals surface area contributed by atoms with Crippen LogP contribution in [0.5, 0.6) is 5.88 Å². The fourth-order valence-corrected chi connectivity index (χ4v) is 3.57. The van der Waals surface area contributed by atoms with E-state index in [-0.39, 0.29) is 5.28 Å². The number of hydrogen-bond acceptors (Lipinski definition) is 5. The molecule has 26 heavy (non-hydrogen) atoms. The molecule has 3 rings (SSSR count). The molecule has 138 valence electrons. The monoisotopic (exact) mass is 390 g/mol. The van der Waals surface area contributed by atoms with E-state index in [0.29, 0.717) is 18.3 Å². The molecule has 0 spiro atoms. The van der Waals surface area contributed by atoms with Crippen molar-refractivity contribution in [1.29, 1.82) is 0 Å². The third-order valence-corrected chi connectivity index (χ3v) is 5.92. The van der Waals surface area contributed by atoms with Gasteiger partial charge in [-0.05, 0) is 23.7 Å². The first-order valence-corrected chi connectivity index (χ1v) is 12.6. The summed E-state index contributed by atoms with van der Waals surface area (Å²) in [7, 11) is 0.447. The van der Waals surface area contributed by atoms with E-state index in [2.05, 4.69) is 34.6 Å². The third-order valence-electron chi connectivity index (χ3n) is 4.05. The number of halogens is 1. The van der Waals surface area contributed by atoms with E-state index in [9.17, 15) is 0 Å². The van der Waals surface area contributed by atoms with Gasteiger partial charge in [0.1, 0.15) is 6.73 Å². The van der Waals surface area contributed by atoms with E-state index in [4.69, 9.17) is 21.1 Å². The van der Waals surface area contributed by atoms with Crippen molar-refractivity contribution in [2.75, 3.05) is 13.7 Å². The molecule has 0 aliphatic heterocycles. The molecule has 3 aromatic rings. The molecular weight excluding hydrogens is 368 g/mol. The van der Waals surface area contributed by atoms with Crippen molar-refractivity contribution in [3.05, 3.63) is 36.0 Å². The summed E-state index contributed by atoms with van der Waals surface area (Å²) >= 11 is 6.09. The van der Waals surface area contributed by atoms with Crippen molar-refractivity contribution < 1.29 is 9.47 Å². The van der Waals surface area contributed by atoms with Gasteiger partial charge >= 0.3 is 0 Å². The van der Waals surface area contributed by atoms with E-state index < -0.39 is 8.07 Å². The second-order valence-corrected chi connectivity index (χ2v) is 13.3. The summed E-state index contributed by atoms with van der Waals surface area (Å²) in [4.78, 5) is 12.8. The van der Waals surface area contributed by atoms with Gasteiger partial charge in [0.05, 0.1) is 12.5 Å². The Kier molecular flexibility index (Phi) is 5.60. The van der Waals surface area contributed by atoms with Gasteiger partial charge in [0, 0.05) is 44.4 Å². The predicted octanol–water partition coefficient (Wildman–Crippen LogP) is 4.47. The number of nitrogens with zero attached hydrogens (tertiary/aromatic N) is 4. The topological polar surface area (TPSA) is 62.1 Å². The average molecular weight is 391 g/mol. The van der Waals surface area contributed by atoms with E-state index in [0.717, 1.165) is 29.2 Å². The quantitative estimate of drug-likeness (QED) is 0.338. The van der Waals surface area contributed by atoms with E-state index in [1.54, 1.807) is 19.5 Å². The van der Waals surface area contributed by atoms with Crippen LogP contribution in [0.2, 0.25) is 31.0 Å². The smallest absolute Gasteiger partial charge is 0.227 e. The van der Waals surface area contributed by atoms with E-state index in [1.807, 2.05) is 22.9 Å². The van der Waals surface area contributed by atoms with Crippen molar-refractivity contribution in [2.24, 2.45) is 0 Å². The highest BCUT2D eigenvalue weighted by atomic mass is 35.5. The predicted molar refractivity (Wildman–Crippen MR) is 106 cm³/mol. The fraction of sp³-hybridized carbons (Fsp3) is 0.389. The molecule has 0 aliphatic rings. The van der Waals surface area contributed by atoms with Gasteiger partial charge in [-0.2, -0.15) is 9.97 Å². The first-order valence-electron chi connectivity index (χ1n) is 8.47. The van der Waals surface area contributed by atoms with E-state index >= 15 is 0 Å². The summed E-state index contributed by atoms with van der Waals surface area (Å²) in [6.07, 6.45) is 5.54. The number of ether oxygens (including phenoxy) is 2. The van der Waals surface area contributed by atoms with Gasteiger partial charge in [-0.15, -0.1) is 0 Å². The molecule has 3 aromatic heterocycles. The summed E-state index contributed by atoms with van der Waals surface area (Å²) in [5.74, 6) is 0.444. The van der Waals surface area contributed by atoms with Gasteiger partial charge < -0.3 is 14.0 Å².